The highest BCUT2D eigenvalue weighted by Gasteiger charge is 2.64. The summed E-state index contributed by atoms with van der Waals surface area (Å²) in [5.74, 6) is -3.45. The van der Waals surface area contributed by atoms with E-state index in [1.165, 1.54) is 12.0 Å². The number of allylic oxidation sites excluding steroid dienone is 1. The van der Waals surface area contributed by atoms with Crippen LogP contribution in [-0.2, 0) is 33.9 Å². The average molecular weight is 812 g/mol. The highest BCUT2D eigenvalue weighted by atomic mass is 32.2. The van der Waals surface area contributed by atoms with E-state index in [0.29, 0.717) is 43.3 Å². The third kappa shape index (κ3) is 8.07. The lowest BCUT2D eigenvalue weighted by atomic mass is 9.86. The number of rotatable bonds is 7. The molecule has 2 saturated carbocycles. The third-order valence-electron chi connectivity index (χ3n) is 12.2. The number of nitrogens with one attached hydrogen (secondary N) is 2. The number of carbonyl (C=O) groups is 4. The van der Waals surface area contributed by atoms with Crippen LogP contribution in [0.3, 0.4) is 0 Å². The van der Waals surface area contributed by atoms with Crippen LogP contribution in [0.25, 0.3) is 11.0 Å². The largest absolute Gasteiger partial charge is 0.483 e. The van der Waals surface area contributed by atoms with Gasteiger partial charge in [0.15, 0.2) is 0 Å². The van der Waals surface area contributed by atoms with Gasteiger partial charge >= 0.3 is 5.97 Å². The topological polar surface area (TPSA) is 183 Å². The zero-order valence-electron chi connectivity index (χ0n) is 33.6. The summed E-state index contributed by atoms with van der Waals surface area (Å²) in [6, 6.07) is 2.08. The number of pyridine rings is 2. The van der Waals surface area contributed by atoms with E-state index in [-0.39, 0.29) is 67.0 Å². The molecule has 2 aromatic rings. The number of esters is 1. The Balaban J connectivity index is 1.25. The van der Waals surface area contributed by atoms with Crippen LogP contribution < -0.4 is 19.5 Å². The van der Waals surface area contributed by atoms with Crippen molar-refractivity contribution in [2.45, 2.75) is 133 Å². The molecular weight excluding hydrogens is 758 g/mol. The van der Waals surface area contributed by atoms with Crippen LogP contribution in [0, 0.1) is 24.2 Å². The van der Waals surface area contributed by atoms with E-state index in [2.05, 4.69) is 20.0 Å². The van der Waals surface area contributed by atoms with E-state index >= 15 is 4.39 Å². The van der Waals surface area contributed by atoms with Crippen LogP contribution in [0.15, 0.2) is 24.3 Å². The summed E-state index contributed by atoms with van der Waals surface area (Å²) in [5.41, 5.74) is -1.93. The van der Waals surface area contributed by atoms with Gasteiger partial charge in [-0.25, -0.2) is 22.8 Å². The van der Waals surface area contributed by atoms with Gasteiger partial charge in [0.05, 0.1) is 48.2 Å². The lowest BCUT2D eigenvalue weighted by molar-refractivity contribution is -0.152. The maximum atomic E-state index is 16.8. The minimum Gasteiger partial charge on any atom is -0.483 e. The van der Waals surface area contributed by atoms with Gasteiger partial charge < -0.3 is 24.4 Å². The van der Waals surface area contributed by atoms with Gasteiger partial charge in [-0.15, -0.1) is 0 Å². The Hall–Kier alpha value is -4.34. The summed E-state index contributed by atoms with van der Waals surface area (Å²) in [4.78, 5) is 67.1. The van der Waals surface area contributed by atoms with Gasteiger partial charge in [-0.1, -0.05) is 45.8 Å². The van der Waals surface area contributed by atoms with Crippen molar-refractivity contribution in [1.82, 2.24) is 24.9 Å². The molecule has 2 aromatic heterocycles. The first-order valence-electron chi connectivity index (χ1n) is 20.0. The fourth-order valence-corrected chi connectivity index (χ4v) is 9.68. The number of nitrogens with zero attached hydrogens (tertiary/aromatic N) is 3. The van der Waals surface area contributed by atoms with Crippen LogP contribution in [0.4, 0.5) is 4.39 Å². The summed E-state index contributed by atoms with van der Waals surface area (Å²) in [7, 11) is -2.58. The molecule has 310 valence electrons. The molecule has 3 fully saturated rings. The molecule has 7 rings (SSSR count). The summed E-state index contributed by atoms with van der Waals surface area (Å²) in [6.07, 6.45) is 5.76. The number of carbonyl (C=O) groups excluding carboxylic acids is 4. The second kappa shape index (κ2) is 14.8. The fourth-order valence-electron chi connectivity index (χ4n) is 8.37. The highest BCUT2D eigenvalue weighted by Crippen LogP contribution is 2.51. The number of ether oxygens (including phenoxy) is 3. The Labute approximate surface area is 333 Å². The molecule has 1 saturated heterocycles. The number of amides is 3. The smallest absolute Gasteiger partial charge is 0.306 e. The molecule has 57 heavy (non-hydrogen) atoms. The molecular formula is C41H54FN5O9S. The zero-order chi connectivity index (χ0) is 41.1. The number of sulfonamides is 1. The standard InChI is InChI=1S/C41H54FN5O9S/c1-24-34-32(33-28(43-24)14-15-30(44-33)54-6)27(42)20-40(56-34)21-29-35(49)45-41(37(51)46-57(52,53)39(5)16-17-39)19-26(41)13-11-9-7-8-10-12-25(36(50)47(29)22-40)18-31(48)55-23-38(2,3)4/h11,13-15,25-27,29H,7-10,12,16-23H2,1-6H3,(H,45,49)(H,46,51)/b13-11-/t25-,26-,27-,29+,40-,41-/m1/s1. The molecule has 3 amide bonds. The Morgan fingerprint density at radius 2 is 1.86 bits per heavy atom. The van der Waals surface area contributed by atoms with Gasteiger partial charge in [0.25, 0.3) is 5.91 Å². The normalized spacial score (nSPS) is 30.4. The number of alkyl halides is 1. The van der Waals surface area contributed by atoms with Crippen LogP contribution in [0.2, 0.25) is 0 Å². The minimum absolute atomic E-state index is 0.136. The maximum Gasteiger partial charge on any atom is 0.306 e. The van der Waals surface area contributed by atoms with E-state index in [9.17, 15) is 27.6 Å². The molecule has 3 aliphatic heterocycles. The van der Waals surface area contributed by atoms with Crippen molar-refractivity contribution in [2.75, 3.05) is 20.3 Å². The number of hydrogen-bond acceptors (Lipinski definition) is 11. The second-order valence-corrected chi connectivity index (χ2v) is 20.3. The SMILES string of the molecule is COc1ccc2nc(C)c3c(c2n1)[C@H](F)C[C@]1(C[C@H]2C(=O)N[C@]4(C(=O)NS(=O)(=O)C5(C)CC5)C[C@H]4/C=C\CCCCC[C@H](CC(=O)OCC(C)(C)C)C(=O)N2C1)O3. The molecule has 2 aliphatic carbocycles. The molecule has 0 bridgehead atoms. The van der Waals surface area contributed by atoms with Crippen LogP contribution in [0.1, 0.15) is 116 Å². The molecule has 1 spiro atoms. The third-order valence-corrected chi connectivity index (χ3v) is 14.3. The number of halogens is 1. The Kier molecular flexibility index (Phi) is 10.6. The fraction of sp³-hybridized carbons (Fsp3) is 0.659. The number of aryl methyl sites for hydroxylation is 1. The lowest BCUT2D eigenvalue weighted by Gasteiger charge is -2.38. The van der Waals surface area contributed by atoms with Gasteiger partial charge in [-0.2, -0.15) is 0 Å². The summed E-state index contributed by atoms with van der Waals surface area (Å²) < 4.78 is 62.0. The van der Waals surface area contributed by atoms with Crippen LogP contribution in [0.5, 0.6) is 11.6 Å². The highest BCUT2D eigenvalue weighted by molar-refractivity contribution is 7.91. The lowest BCUT2D eigenvalue weighted by Crippen LogP contribution is -2.57. The molecule has 14 nitrogen and oxygen atoms in total. The molecule has 2 N–H and O–H groups in total. The average Bonchev–Trinajstić information content (AvgIpc) is 4.03. The van der Waals surface area contributed by atoms with Crippen LogP contribution >= 0.6 is 0 Å². The number of fused-ring (bicyclic) bond motifs is 5. The predicted octanol–water partition coefficient (Wildman–Crippen LogP) is 5.07. The first-order valence-corrected chi connectivity index (χ1v) is 21.5. The monoisotopic (exact) mass is 811 g/mol. The number of aromatic nitrogens is 2. The second-order valence-electron chi connectivity index (χ2n) is 18.1. The van der Waals surface area contributed by atoms with Crippen molar-refractivity contribution in [1.29, 1.82) is 0 Å². The summed E-state index contributed by atoms with van der Waals surface area (Å²) in [6.45, 7) is 9.04. The Bertz CT molecular complexity index is 2120. The summed E-state index contributed by atoms with van der Waals surface area (Å²) >= 11 is 0. The van der Waals surface area contributed by atoms with Crippen molar-refractivity contribution in [3.05, 3.63) is 35.5 Å². The van der Waals surface area contributed by atoms with Gasteiger partial charge in [0.1, 0.15) is 34.6 Å². The quantitative estimate of drug-likeness (QED) is 0.281. The molecule has 5 heterocycles. The van der Waals surface area contributed by atoms with Crippen molar-refractivity contribution in [2.24, 2.45) is 17.3 Å². The van der Waals surface area contributed by atoms with Gasteiger partial charge in [-0.05, 0) is 63.9 Å². The minimum atomic E-state index is -4.03. The van der Waals surface area contributed by atoms with Crippen LogP contribution in [-0.4, -0.2) is 89.2 Å². The molecule has 5 aliphatic rings. The maximum absolute atomic E-state index is 16.8. The van der Waals surface area contributed by atoms with E-state index in [1.807, 2.05) is 32.9 Å². The zero-order valence-corrected chi connectivity index (χ0v) is 34.4. The first kappa shape index (κ1) is 40.8. The van der Waals surface area contributed by atoms with Crippen molar-refractivity contribution in [3.8, 4) is 11.6 Å². The molecule has 16 heteroatoms. The molecule has 0 unspecified atom stereocenters. The Morgan fingerprint density at radius 3 is 2.56 bits per heavy atom. The van der Waals surface area contributed by atoms with E-state index in [1.54, 1.807) is 26.0 Å². The van der Waals surface area contributed by atoms with E-state index < -0.39 is 73.7 Å². The van der Waals surface area contributed by atoms with Crippen molar-refractivity contribution < 1.29 is 46.2 Å². The first-order chi connectivity index (χ1) is 26.8. The van der Waals surface area contributed by atoms with Crippen molar-refractivity contribution >= 4 is 44.7 Å². The Morgan fingerprint density at radius 1 is 1.11 bits per heavy atom. The molecule has 0 radical (unpaired) electrons. The van der Waals surface area contributed by atoms with Gasteiger partial charge in [0, 0.05) is 30.7 Å². The molecule has 0 aromatic carbocycles. The van der Waals surface area contributed by atoms with E-state index in [0.717, 1.165) is 12.8 Å². The molecule has 6 atom stereocenters. The van der Waals surface area contributed by atoms with Crippen molar-refractivity contribution in [3.63, 3.8) is 0 Å². The van der Waals surface area contributed by atoms with E-state index in [4.69, 9.17) is 14.2 Å². The predicted molar refractivity (Wildman–Crippen MR) is 207 cm³/mol. The van der Waals surface area contributed by atoms with Gasteiger partial charge in [-0.3, -0.25) is 23.9 Å². The summed E-state index contributed by atoms with van der Waals surface area (Å²) in [5, 5.41) is 2.88. The van der Waals surface area contributed by atoms with Gasteiger partial charge in [0.2, 0.25) is 27.7 Å². The number of hydrogen-bond donors (Lipinski definition) is 2. The number of methoxy groups -OCH3 is 1.